The lowest BCUT2D eigenvalue weighted by Gasteiger charge is -2.24. The summed E-state index contributed by atoms with van der Waals surface area (Å²) in [6.07, 6.45) is 3.63. The highest BCUT2D eigenvalue weighted by molar-refractivity contribution is 5.94. The van der Waals surface area contributed by atoms with Crippen molar-refractivity contribution in [1.82, 2.24) is 20.3 Å². The number of carbonyl (C=O) groups is 1. The Morgan fingerprint density at radius 2 is 2.08 bits per heavy atom. The normalized spacial score (nSPS) is 17.2. The lowest BCUT2D eigenvalue weighted by molar-refractivity contribution is 0.0733. The number of nitrogens with zero attached hydrogens (tertiary/aromatic N) is 3. The molecule has 1 fully saturated rings. The van der Waals surface area contributed by atoms with Crippen LogP contribution in [0.4, 0.5) is 0 Å². The molecule has 2 aromatic heterocycles. The molecule has 3 aromatic rings. The van der Waals surface area contributed by atoms with Crippen LogP contribution in [0, 0.1) is 13.8 Å². The Hall–Kier alpha value is -2.89. The number of hydrogen-bond acceptors (Lipinski definition) is 4. The van der Waals surface area contributed by atoms with Gasteiger partial charge in [-0.3, -0.25) is 9.89 Å². The summed E-state index contributed by atoms with van der Waals surface area (Å²) in [6, 6.07) is 9.38. The van der Waals surface area contributed by atoms with Crippen molar-refractivity contribution in [3.05, 3.63) is 59.0 Å². The van der Waals surface area contributed by atoms with E-state index < -0.39 is 0 Å². The molecule has 0 saturated carbocycles. The molecule has 6 nitrogen and oxygen atoms in total. The average molecular weight is 336 g/mol. The molecule has 0 bridgehead atoms. The Morgan fingerprint density at radius 3 is 2.80 bits per heavy atom. The van der Waals surface area contributed by atoms with Gasteiger partial charge < -0.3 is 9.42 Å². The Kier molecular flexibility index (Phi) is 3.87. The zero-order valence-electron chi connectivity index (χ0n) is 14.3. The van der Waals surface area contributed by atoms with Crippen molar-refractivity contribution < 1.29 is 9.32 Å². The Morgan fingerprint density at radius 1 is 1.28 bits per heavy atom. The quantitative estimate of drug-likeness (QED) is 0.792. The van der Waals surface area contributed by atoms with E-state index in [1.165, 1.54) is 0 Å². The number of aromatic nitrogens is 3. The summed E-state index contributed by atoms with van der Waals surface area (Å²) in [6.45, 7) is 4.65. The van der Waals surface area contributed by atoms with Crippen molar-refractivity contribution >= 4 is 5.91 Å². The van der Waals surface area contributed by atoms with Gasteiger partial charge in [0.2, 0.25) is 0 Å². The average Bonchev–Trinajstić information content (AvgIpc) is 3.36. The number of rotatable bonds is 3. The van der Waals surface area contributed by atoms with Crippen molar-refractivity contribution in [2.45, 2.75) is 32.7 Å². The Labute approximate surface area is 145 Å². The van der Waals surface area contributed by atoms with Crippen LogP contribution in [0.25, 0.3) is 11.3 Å². The molecule has 0 aliphatic carbocycles. The smallest absolute Gasteiger partial charge is 0.254 e. The predicted molar refractivity (Wildman–Crippen MR) is 93.0 cm³/mol. The minimum absolute atomic E-state index is 0.0324. The van der Waals surface area contributed by atoms with E-state index in [1.54, 1.807) is 6.20 Å². The van der Waals surface area contributed by atoms with Crippen molar-refractivity contribution in [1.29, 1.82) is 0 Å². The maximum absolute atomic E-state index is 12.9. The van der Waals surface area contributed by atoms with Gasteiger partial charge in [0.15, 0.2) is 5.76 Å². The van der Waals surface area contributed by atoms with Crippen LogP contribution in [0.5, 0.6) is 0 Å². The minimum atomic E-state index is -0.0324. The number of likely N-dealkylation sites (tertiary alicyclic amines) is 1. The van der Waals surface area contributed by atoms with Crippen LogP contribution in [0.2, 0.25) is 0 Å². The zero-order valence-corrected chi connectivity index (χ0v) is 14.3. The van der Waals surface area contributed by atoms with Crippen molar-refractivity contribution in [2.24, 2.45) is 0 Å². The number of amides is 1. The molecule has 4 rings (SSSR count). The van der Waals surface area contributed by atoms with E-state index in [0.717, 1.165) is 47.7 Å². The van der Waals surface area contributed by atoms with E-state index in [0.29, 0.717) is 5.56 Å². The molecule has 1 N–H and O–H groups in total. The molecule has 3 heterocycles. The summed E-state index contributed by atoms with van der Waals surface area (Å²) >= 11 is 0. The predicted octanol–water partition coefficient (Wildman–Crippen LogP) is 3.66. The van der Waals surface area contributed by atoms with Crippen LogP contribution in [-0.2, 0) is 0 Å². The summed E-state index contributed by atoms with van der Waals surface area (Å²) < 4.78 is 5.51. The van der Waals surface area contributed by atoms with Gasteiger partial charge in [0.25, 0.3) is 5.91 Å². The van der Waals surface area contributed by atoms with Crippen molar-refractivity contribution in [2.75, 3.05) is 6.54 Å². The number of aryl methyl sites for hydroxylation is 1. The first-order valence-corrected chi connectivity index (χ1v) is 8.49. The highest BCUT2D eigenvalue weighted by atomic mass is 16.5. The SMILES string of the molecule is Cc1noc(-c2cn[nH]c2[C@H]2CCCN2C(=O)c2ccccc2)c1C. The van der Waals surface area contributed by atoms with Crippen molar-refractivity contribution in [3.8, 4) is 11.3 Å². The lowest BCUT2D eigenvalue weighted by Crippen LogP contribution is -2.31. The van der Waals surface area contributed by atoms with Gasteiger partial charge in [0, 0.05) is 17.7 Å². The molecular weight excluding hydrogens is 316 g/mol. The van der Waals surface area contributed by atoms with E-state index in [9.17, 15) is 4.79 Å². The van der Waals surface area contributed by atoms with Crippen LogP contribution >= 0.6 is 0 Å². The topological polar surface area (TPSA) is 75.0 Å². The molecule has 25 heavy (non-hydrogen) atoms. The van der Waals surface area contributed by atoms with E-state index in [-0.39, 0.29) is 11.9 Å². The Bertz CT molecular complexity index is 897. The van der Waals surface area contributed by atoms with Gasteiger partial charge in [0.1, 0.15) is 0 Å². The fourth-order valence-corrected chi connectivity index (χ4v) is 3.45. The molecule has 6 heteroatoms. The third-order valence-corrected chi connectivity index (χ3v) is 4.94. The standard InChI is InChI=1S/C19H20N4O2/c1-12-13(2)22-25-18(12)15-11-20-21-17(15)16-9-6-10-23(16)19(24)14-7-4-3-5-8-14/h3-5,7-8,11,16H,6,9-10H2,1-2H3,(H,20,21)/t16-/m1/s1. The monoisotopic (exact) mass is 336 g/mol. The van der Waals surface area contributed by atoms with Gasteiger partial charge in [-0.25, -0.2) is 0 Å². The molecule has 1 amide bonds. The number of nitrogens with one attached hydrogen (secondary N) is 1. The molecule has 0 spiro atoms. The maximum atomic E-state index is 12.9. The second-order valence-electron chi connectivity index (χ2n) is 6.44. The maximum Gasteiger partial charge on any atom is 0.254 e. The van der Waals surface area contributed by atoms with Gasteiger partial charge in [-0.2, -0.15) is 5.10 Å². The summed E-state index contributed by atoms with van der Waals surface area (Å²) in [5.74, 6) is 0.773. The fraction of sp³-hybridized carbons (Fsp3) is 0.316. The highest BCUT2D eigenvalue weighted by Crippen LogP contribution is 2.38. The second kappa shape index (κ2) is 6.20. The van der Waals surface area contributed by atoms with E-state index >= 15 is 0 Å². The molecule has 1 aliphatic heterocycles. The fourth-order valence-electron chi connectivity index (χ4n) is 3.45. The first kappa shape index (κ1) is 15.6. The third kappa shape index (κ3) is 2.63. The van der Waals surface area contributed by atoms with Gasteiger partial charge in [-0.05, 0) is 38.8 Å². The molecule has 128 valence electrons. The number of carbonyl (C=O) groups excluding carboxylic acids is 1. The van der Waals surface area contributed by atoms with Crippen LogP contribution in [-0.4, -0.2) is 32.7 Å². The molecule has 1 saturated heterocycles. The van der Waals surface area contributed by atoms with Crippen LogP contribution in [0.1, 0.15) is 46.2 Å². The van der Waals surface area contributed by atoms with Gasteiger partial charge >= 0.3 is 0 Å². The lowest BCUT2D eigenvalue weighted by atomic mass is 10.0. The summed E-state index contributed by atoms with van der Waals surface area (Å²) in [7, 11) is 0. The zero-order chi connectivity index (χ0) is 17.4. The molecule has 1 atom stereocenters. The number of aromatic amines is 1. The molecule has 1 aliphatic rings. The molecule has 0 unspecified atom stereocenters. The summed E-state index contributed by atoms with van der Waals surface area (Å²) in [4.78, 5) is 14.8. The van der Waals surface area contributed by atoms with Gasteiger partial charge in [-0.1, -0.05) is 23.4 Å². The highest BCUT2D eigenvalue weighted by Gasteiger charge is 2.34. The summed E-state index contributed by atoms with van der Waals surface area (Å²) in [5.41, 5.74) is 4.38. The van der Waals surface area contributed by atoms with E-state index in [2.05, 4.69) is 15.4 Å². The third-order valence-electron chi connectivity index (χ3n) is 4.94. The van der Waals surface area contributed by atoms with Crippen LogP contribution < -0.4 is 0 Å². The van der Waals surface area contributed by atoms with Crippen LogP contribution in [0.3, 0.4) is 0 Å². The minimum Gasteiger partial charge on any atom is -0.356 e. The first-order valence-electron chi connectivity index (χ1n) is 8.49. The Balaban J connectivity index is 1.69. The van der Waals surface area contributed by atoms with E-state index in [4.69, 9.17) is 4.52 Å². The first-order chi connectivity index (χ1) is 12.2. The molecule has 1 aromatic carbocycles. The van der Waals surface area contributed by atoms with Crippen LogP contribution in [0.15, 0.2) is 41.1 Å². The number of benzene rings is 1. The second-order valence-corrected chi connectivity index (χ2v) is 6.44. The molecular formula is C19H20N4O2. The molecule has 0 radical (unpaired) electrons. The van der Waals surface area contributed by atoms with Crippen molar-refractivity contribution in [3.63, 3.8) is 0 Å². The van der Waals surface area contributed by atoms with E-state index in [1.807, 2.05) is 49.1 Å². The van der Waals surface area contributed by atoms with Gasteiger partial charge in [-0.15, -0.1) is 0 Å². The number of H-pyrrole nitrogens is 1. The largest absolute Gasteiger partial charge is 0.356 e. The van der Waals surface area contributed by atoms with Gasteiger partial charge in [0.05, 0.1) is 29.2 Å². The summed E-state index contributed by atoms with van der Waals surface area (Å²) in [5, 5.41) is 11.3. The number of hydrogen-bond donors (Lipinski definition) is 1.